The summed E-state index contributed by atoms with van der Waals surface area (Å²) < 4.78 is 5.25. The third-order valence-electron chi connectivity index (χ3n) is 3.75. The second-order valence-corrected chi connectivity index (χ2v) is 5.32. The molecule has 5 nitrogen and oxygen atoms in total. The molecule has 0 spiro atoms. The minimum Gasteiger partial charge on any atom is -0.449 e. The molecule has 0 saturated carbocycles. The lowest BCUT2D eigenvalue weighted by Crippen LogP contribution is -2.55. The van der Waals surface area contributed by atoms with Crippen LogP contribution in [-0.4, -0.2) is 34.9 Å². The maximum atomic E-state index is 12.2. The van der Waals surface area contributed by atoms with Crippen LogP contribution in [0.2, 0.25) is 0 Å². The topological polar surface area (TPSA) is 58.4 Å². The molecule has 0 radical (unpaired) electrons. The standard InChI is InChI=1S/C16H19N3O2/c1-12-18-14(11-21-12)10-19-8-7-17-16(20)15(19)9-13-5-3-2-4-6-13/h2-6,11,15H,7-10H2,1H3,(H,17,20)/t15-/m0/s1. The van der Waals surface area contributed by atoms with Gasteiger partial charge in [-0.05, 0) is 12.0 Å². The Labute approximate surface area is 124 Å². The number of oxazole rings is 1. The van der Waals surface area contributed by atoms with Crippen molar-refractivity contribution < 1.29 is 9.21 Å². The highest BCUT2D eigenvalue weighted by molar-refractivity contribution is 5.82. The first-order valence-electron chi connectivity index (χ1n) is 7.19. The van der Waals surface area contributed by atoms with Gasteiger partial charge < -0.3 is 9.73 Å². The van der Waals surface area contributed by atoms with Gasteiger partial charge in [0.25, 0.3) is 0 Å². The molecule has 0 bridgehead atoms. The summed E-state index contributed by atoms with van der Waals surface area (Å²) >= 11 is 0. The molecule has 1 aliphatic rings. The molecule has 2 aromatic rings. The van der Waals surface area contributed by atoms with E-state index in [1.165, 1.54) is 5.56 Å². The van der Waals surface area contributed by atoms with Gasteiger partial charge in [0.05, 0.1) is 11.7 Å². The number of carbonyl (C=O) groups excluding carboxylic acids is 1. The van der Waals surface area contributed by atoms with E-state index in [1.54, 1.807) is 6.26 Å². The van der Waals surface area contributed by atoms with E-state index < -0.39 is 0 Å². The Balaban J connectivity index is 1.74. The number of hydrogen-bond acceptors (Lipinski definition) is 4. The van der Waals surface area contributed by atoms with E-state index in [0.29, 0.717) is 25.4 Å². The van der Waals surface area contributed by atoms with Gasteiger partial charge in [0.15, 0.2) is 5.89 Å². The van der Waals surface area contributed by atoms with Crippen LogP contribution < -0.4 is 5.32 Å². The maximum absolute atomic E-state index is 12.2. The van der Waals surface area contributed by atoms with Crippen molar-refractivity contribution >= 4 is 5.91 Å². The van der Waals surface area contributed by atoms with Crippen LogP contribution in [0.15, 0.2) is 41.0 Å². The number of hydrogen-bond donors (Lipinski definition) is 1. The molecule has 1 N–H and O–H groups in total. The highest BCUT2D eigenvalue weighted by atomic mass is 16.3. The third-order valence-corrected chi connectivity index (χ3v) is 3.75. The van der Waals surface area contributed by atoms with Gasteiger partial charge in [-0.1, -0.05) is 30.3 Å². The lowest BCUT2D eigenvalue weighted by Gasteiger charge is -2.34. The smallest absolute Gasteiger partial charge is 0.237 e. The number of carbonyl (C=O) groups is 1. The van der Waals surface area contributed by atoms with Crippen molar-refractivity contribution in [1.82, 2.24) is 15.2 Å². The van der Waals surface area contributed by atoms with Gasteiger partial charge in [-0.15, -0.1) is 0 Å². The SMILES string of the molecule is Cc1nc(CN2CCNC(=O)[C@@H]2Cc2ccccc2)co1. The van der Waals surface area contributed by atoms with Gasteiger partial charge in [-0.25, -0.2) is 4.98 Å². The molecule has 1 atom stereocenters. The first-order chi connectivity index (χ1) is 10.2. The van der Waals surface area contributed by atoms with Crippen LogP contribution in [0, 0.1) is 6.92 Å². The Morgan fingerprint density at radius 1 is 1.38 bits per heavy atom. The van der Waals surface area contributed by atoms with Crippen LogP contribution in [0.1, 0.15) is 17.1 Å². The predicted molar refractivity (Wildman–Crippen MR) is 78.6 cm³/mol. The highest BCUT2D eigenvalue weighted by Crippen LogP contribution is 2.15. The number of nitrogens with one attached hydrogen (secondary N) is 1. The Kier molecular flexibility index (Phi) is 4.01. The van der Waals surface area contributed by atoms with E-state index in [4.69, 9.17) is 4.42 Å². The first kappa shape index (κ1) is 13.8. The number of amides is 1. The van der Waals surface area contributed by atoms with Crippen molar-refractivity contribution in [2.24, 2.45) is 0 Å². The summed E-state index contributed by atoms with van der Waals surface area (Å²) in [7, 11) is 0. The van der Waals surface area contributed by atoms with E-state index in [1.807, 2.05) is 25.1 Å². The van der Waals surface area contributed by atoms with Gasteiger partial charge in [-0.3, -0.25) is 9.69 Å². The summed E-state index contributed by atoms with van der Waals surface area (Å²) in [5.74, 6) is 0.747. The molecule has 110 valence electrons. The Morgan fingerprint density at radius 3 is 2.90 bits per heavy atom. The molecule has 1 aromatic heterocycles. The monoisotopic (exact) mass is 285 g/mol. The molecule has 0 unspecified atom stereocenters. The number of nitrogens with zero attached hydrogens (tertiary/aromatic N) is 2. The molecule has 1 amide bonds. The van der Waals surface area contributed by atoms with Crippen molar-refractivity contribution in [3.63, 3.8) is 0 Å². The zero-order valence-electron chi connectivity index (χ0n) is 12.1. The minimum absolute atomic E-state index is 0.0883. The van der Waals surface area contributed by atoms with Gasteiger partial charge >= 0.3 is 0 Å². The highest BCUT2D eigenvalue weighted by Gasteiger charge is 2.30. The Bertz CT molecular complexity index is 609. The van der Waals surface area contributed by atoms with Crippen LogP contribution in [-0.2, 0) is 17.8 Å². The quantitative estimate of drug-likeness (QED) is 0.925. The van der Waals surface area contributed by atoms with E-state index in [0.717, 1.165) is 12.2 Å². The Morgan fingerprint density at radius 2 is 2.19 bits per heavy atom. The van der Waals surface area contributed by atoms with Crippen molar-refractivity contribution in [1.29, 1.82) is 0 Å². The second kappa shape index (κ2) is 6.10. The lowest BCUT2D eigenvalue weighted by molar-refractivity contribution is -0.129. The number of rotatable bonds is 4. The third kappa shape index (κ3) is 3.31. The van der Waals surface area contributed by atoms with E-state index >= 15 is 0 Å². The summed E-state index contributed by atoms with van der Waals surface area (Å²) in [5, 5.41) is 2.95. The van der Waals surface area contributed by atoms with Gasteiger partial charge in [0.2, 0.25) is 5.91 Å². The predicted octanol–water partition coefficient (Wildman–Crippen LogP) is 1.53. The van der Waals surface area contributed by atoms with Crippen LogP contribution >= 0.6 is 0 Å². The largest absolute Gasteiger partial charge is 0.449 e. The summed E-state index contributed by atoms with van der Waals surface area (Å²) in [6, 6.07) is 9.95. The second-order valence-electron chi connectivity index (χ2n) is 5.32. The fraction of sp³-hybridized carbons (Fsp3) is 0.375. The molecule has 1 fully saturated rings. The average molecular weight is 285 g/mol. The molecular formula is C16H19N3O2. The number of piperazine rings is 1. The van der Waals surface area contributed by atoms with E-state index in [2.05, 4.69) is 27.3 Å². The summed E-state index contributed by atoms with van der Waals surface area (Å²) in [5.41, 5.74) is 2.04. The zero-order valence-corrected chi connectivity index (χ0v) is 12.1. The van der Waals surface area contributed by atoms with Gasteiger partial charge in [0.1, 0.15) is 6.26 Å². The van der Waals surface area contributed by atoms with Crippen LogP contribution in [0.3, 0.4) is 0 Å². The fourth-order valence-electron chi connectivity index (χ4n) is 2.70. The van der Waals surface area contributed by atoms with Crippen molar-refractivity contribution in [3.05, 3.63) is 53.7 Å². The van der Waals surface area contributed by atoms with E-state index in [-0.39, 0.29) is 11.9 Å². The average Bonchev–Trinajstić information content (AvgIpc) is 2.89. The normalized spacial score (nSPS) is 19.5. The number of aryl methyl sites for hydroxylation is 1. The van der Waals surface area contributed by atoms with E-state index in [9.17, 15) is 4.79 Å². The number of benzene rings is 1. The fourth-order valence-corrected chi connectivity index (χ4v) is 2.70. The first-order valence-corrected chi connectivity index (χ1v) is 7.19. The maximum Gasteiger partial charge on any atom is 0.237 e. The van der Waals surface area contributed by atoms with Crippen LogP contribution in [0.4, 0.5) is 0 Å². The van der Waals surface area contributed by atoms with Crippen molar-refractivity contribution in [2.75, 3.05) is 13.1 Å². The summed E-state index contributed by atoms with van der Waals surface area (Å²) in [4.78, 5) is 18.7. The molecule has 3 rings (SSSR count). The van der Waals surface area contributed by atoms with Crippen LogP contribution in [0.5, 0.6) is 0 Å². The molecule has 1 saturated heterocycles. The summed E-state index contributed by atoms with van der Waals surface area (Å²) in [6.07, 6.45) is 2.38. The zero-order chi connectivity index (χ0) is 14.7. The van der Waals surface area contributed by atoms with Crippen LogP contribution in [0.25, 0.3) is 0 Å². The molecular weight excluding hydrogens is 266 g/mol. The van der Waals surface area contributed by atoms with Crippen molar-refractivity contribution in [3.8, 4) is 0 Å². The molecule has 21 heavy (non-hydrogen) atoms. The summed E-state index contributed by atoms with van der Waals surface area (Å²) in [6.45, 7) is 3.98. The van der Waals surface area contributed by atoms with Gasteiger partial charge in [0, 0.05) is 26.6 Å². The molecule has 1 aliphatic heterocycles. The molecule has 0 aliphatic carbocycles. The number of aromatic nitrogens is 1. The van der Waals surface area contributed by atoms with Crippen molar-refractivity contribution in [2.45, 2.75) is 25.9 Å². The molecule has 2 heterocycles. The van der Waals surface area contributed by atoms with Gasteiger partial charge in [-0.2, -0.15) is 0 Å². The molecule has 1 aromatic carbocycles. The Hall–Kier alpha value is -2.14. The minimum atomic E-state index is -0.154. The lowest BCUT2D eigenvalue weighted by atomic mass is 10.0. The molecule has 5 heteroatoms.